The van der Waals surface area contributed by atoms with Gasteiger partial charge in [0.1, 0.15) is 5.75 Å². The molecule has 1 aliphatic heterocycles. The molecule has 3 aromatic carbocycles. The molecule has 0 radical (unpaired) electrons. The quantitative estimate of drug-likeness (QED) is 0.295. The first-order chi connectivity index (χ1) is 18.0. The number of nitrogens with zero attached hydrogens (tertiary/aromatic N) is 1. The van der Waals surface area contributed by atoms with Crippen LogP contribution in [0.25, 0.3) is 10.9 Å². The standard InChI is InChI=1S/C29H29N3O4S/c1-3-19-5-11-25-21(13-19)15-22(28(33)31-25)17-32(16-20-6-12-26-27(14-20)36-18-35-26)29(37)30-23-7-9-24(10-8-23)34-4-2/h5-15H,3-4,16-18H2,1-2H3,(H,30,37)(H,31,33). The minimum atomic E-state index is -0.128. The summed E-state index contributed by atoms with van der Waals surface area (Å²) in [5.74, 6) is 2.23. The van der Waals surface area contributed by atoms with Crippen molar-refractivity contribution in [2.75, 3.05) is 18.7 Å². The molecule has 0 fully saturated rings. The van der Waals surface area contributed by atoms with Gasteiger partial charge in [0.05, 0.1) is 13.2 Å². The van der Waals surface area contributed by atoms with Gasteiger partial charge in [0.15, 0.2) is 16.6 Å². The molecule has 8 heteroatoms. The van der Waals surface area contributed by atoms with Crippen LogP contribution >= 0.6 is 12.2 Å². The summed E-state index contributed by atoms with van der Waals surface area (Å²) in [4.78, 5) is 18.0. The number of thiocarbonyl (C=S) groups is 1. The Balaban J connectivity index is 1.43. The van der Waals surface area contributed by atoms with Crippen LogP contribution in [0.2, 0.25) is 0 Å². The van der Waals surface area contributed by atoms with Gasteiger partial charge in [-0.15, -0.1) is 0 Å². The number of ether oxygens (including phenoxy) is 3. The van der Waals surface area contributed by atoms with E-state index in [-0.39, 0.29) is 12.4 Å². The van der Waals surface area contributed by atoms with Gasteiger partial charge < -0.3 is 29.4 Å². The third-order valence-corrected chi connectivity index (χ3v) is 6.63. The molecule has 0 saturated heterocycles. The van der Waals surface area contributed by atoms with Crippen molar-refractivity contribution in [2.24, 2.45) is 0 Å². The molecule has 1 aromatic heterocycles. The molecule has 1 aliphatic rings. The van der Waals surface area contributed by atoms with E-state index in [4.69, 9.17) is 26.4 Å². The largest absolute Gasteiger partial charge is 0.494 e. The van der Waals surface area contributed by atoms with E-state index >= 15 is 0 Å². The molecule has 190 valence electrons. The Morgan fingerprint density at radius 3 is 2.54 bits per heavy atom. The van der Waals surface area contributed by atoms with Crippen LogP contribution in [0.1, 0.15) is 30.5 Å². The predicted molar refractivity (Wildman–Crippen MR) is 150 cm³/mol. The van der Waals surface area contributed by atoms with Crippen molar-refractivity contribution in [3.8, 4) is 17.2 Å². The molecule has 5 rings (SSSR count). The second kappa shape index (κ2) is 10.9. The van der Waals surface area contributed by atoms with Gasteiger partial charge in [-0.3, -0.25) is 4.79 Å². The number of aromatic amines is 1. The van der Waals surface area contributed by atoms with Crippen molar-refractivity contribution in [3.05, 3.63) is 93.8 Å². The summed E-state index contributed by atoms with van der Waals surface area (Å²) in [6, 6.07) is 21.6. The summed E-state index contributed by atoms with van der Waals surface area (Å²) in [5, 5.41) is 4.82. The van der Waals surface area contributed by atoms with E-state index in [0.717, 1.165) is 40.1 Å². The molecule has 0 atom stereocenters. The number of H-pyrrole nitrogens is 1. The second-order valence-electron chi connectivity index (χ2n) is 8.83. The van der Waals surface area contributed by atoms with Crippen molar-refractivity contribution < 1.29 is 14.2 Å². The number of anilines is 1. The Bertz CT molecular complexity index is 1480. The monoisotopic (exact) mass is 515 g/mol. The first kappa shape index (κ1) is 24.6. The van der Waals surface area contributed by atoms with E-state index in [9.17, 15) is 4.79 Å². The fourth-order valence-electron chi connectivity index (χ4n) is 4.31. The lowest BCUT2D eigenvalue weighted by atomic mass is 10.1. The first-order valence-electron chi connectivity index (χ1n) is 12.3. The van der Waals surface area contributed by atoms with Gasteiger partial charge in [-0.05, 0) is 96.7 Å². The van der Waals surface area contributed by atoms with Crippen LogP contribution in [0.5, 0.6) is 17.2 Å². The smallest absolute Gasteiger partial charge is 0.253 e. The van der Waals surface area contributed by atoms with Gasteiger partial charge in [0.2, 0.25) is 6.79 Å². The van der Waals surface area contributed by atoms with E-state index in [1.54, 1.807) is 0 Å². The zero-order valence-electron chi connectivity index (χ0n) is 20.9. The summed E-state index contributed by atoms with van der Waals surface area (Å²) in [7, 11) is 0. The Hall–Kier alpha value is -4.04. The Kier molecular flexibility index (Phi) is 7.28. The lowest BCUT2D eigenvalue weighted by Gasteiger charge is -2.26. The molecule has 0 unspecified atom stereocenters. The molecule has 0 saturated carbocycles. The Morgan fingerprint density at radius 1 is 0.973 bits per heavy atom. The van der Waals surface area contributed by atoms with Crippen LogP contribution in [0.3, 0.4) is 0 Å². The van der Waals surface area contributed by atoms with Crippen LogP contribution in [0.15, 0.2) is 71.5 Å². The maximum atomic E-state index is 13.0. The molecule has 7 nitrogen and oxygen atoms in total. The van der Waals surface area contributed by atoms with E-state index in [2.05, 4.69) is 23.3 Å². The molecule has 4 aromatic rings. The van der Waals surface area contributed by atoms with Crippen molar-refractivity contribution in [1.29, 1.82) is 0 Å². The van der Waals surface area contributed by atoms with Gasteiger partial charge >= 0.3 is 0 Å². The number of aryl methyl sites for hydroxylation is 1. The average molecular weight is 516 g/mol. The zero-order chi connectivity index (χ0) is 25.8. The summed E-state index contributed by atoms with van der Waals surface area (Å²) in [5.41, 5.74) is 4.38. The predicted octanol–water partition coefficient (Wildman–Crippen LogP) is 5.62. The fourth-order valence-corrected chi connectivity index (χ4v) is 4.55. The van der Waals surface area contributed by atoms with Crippen molar-refractivity contribution in [2.45, 2.75) is 33.4 Å². The van der Waals surface area contributed by atoms with E-state index < -0.39 is 0 Å². The van der Waals surface area contributed by atoms with Crippen LogP contribution < -0.4 is 25.1 Å². The Labute approximate surface area is 221 Å². The average Bonchev–Trinajstić information content (AvgIpc) is 3.37. The summed E-state index contributed by atoms with van der Waals surface area (Å²) in [6.45, 7) is 5.70. The number of fused-ring (bicyclic) bond motifs is 2. The van der Waals surface area contributed by atoms with Gasteiger partial charge in [0.25, 0.3) is 5.56 Å². The summed E-state index contributed by atoms with van der Waals surface area (Å²) in [6.07, 6.45) is 0.927. The highest BCUT2D eigenvalue weighted by Gasteiger charge is 2.18. The molecule has 2 N–H and O–H groups in total. The van der Waals surface area contributed by atoms with E-state index in [1.807, 2.05) is 72.5 Å². The van der Waals surface area contributed by atoms with Crippen LogP contribution in [-0.2, 0) is 19.5 Å². The highest BCUT2D eigenvalue weighted by atomic mass is 32.1. The second-order valence-corrected chi connectivity index (χ2v) is 9.22. The molecule has 0 bridgehead atoms. The minimum Gasteiger partial charge on any atom is -0.494 e. The van der Waals surface area contributed by atoms with Crippen LogP contribution in [0, 0.1) is 0 Å². The summed E-state index contributed by atoms with van der Waals surface area (Å²) < 4.78 is 16.6. The van der Waals surface area contributed by atoms with Crippen molar-refractivity contribution >= 4 is 33.9 Å². The molecule has 37 heavy (non-hydrogen) atoms. The van der Waals surface area contributed by atoms with E-state index in [1.165, 1.54) is 5.56 Å². The highest BCUT2D eigenvalue weighted by molar-refractivity contribution is 7.80. The minimum absolute atomic E-state index is 0.128. The first-order valence-corrected chi connectivity index (χ1v) is 12.8. The van der Waals surface area contributed by atoms with E-state index in [0.29, 0.717) is 36.1 Å². The molecule has 0 amide bonds. The highest BCUT2D eigenvalue weighted by Crippen LogP contribution is 2.33. The molecular formula is C29H29N3O4S. The number of hydrogen-bond acceptors (Lipinski definition) is 5. The number of pyridine rings is 1. The number of aromatic nitrogens is 1. The fraction of sp³-hybridized carbons (Fsp3) is 0.241. The third kappa shape index (κ3) is 5.70. The Morgan fingerprint density at radius 2 is 1.76 bits per heavy atom. The van der Waals surface area contributed by atoms with Gasteiger partial charge in [-0.2, -0.15) is 0 Å². The molecular weight excluding hydrogens is 486 g/mol. The van der Waals surface area contributed by atoms with Crippen LogP contribution in [0.4, 0.5) is 5.69 Å². The molecule has 2 heterocycles. The topological polar surface area (TPSA) is 75.8 Å². The number of hydrogen-bond donors (Lipinski definition) is 2. The SMILES string of the molecule is CCOc1ccc(NC(=S)N(Cc2ccc3c(c2)OCO3)Cc2cc3cc(CC)ccc3[nH]c2=O)cc1. The number of nitrogens with one attached hydrogen (secondary N) is 2. The maximum absolute atomic E-state index is 13.0. The maximum Gasteiger partial charge on any atom is 0.253 e. The normalized spacial score (nSPS) is 11.9. The summed E-state index contributed by atoms with van der Waals surface area (Å²) >= 11 is 5.83. The van der Waals surface area contributed by atoms with Gasteiger partial charge in [0, 0.05) is 23.3 Å². The van der Waals surface area contributed by atoms with Gasteiger partial charge in [-0.25, -0.2) is 0 Å². The zero-order valence-corrected chi connectivity index (χ0v) is 21.7. The van der Waals surface area contributed by atoms with Crippen molar-refractivity contribution in [3.63, 3.8) is 0 Å². The number of rotatable bonds is 8. The lowest BCUT2D eigenvalue weighted by Crippen LogP contribution is -2.35. The van der Waals surface area contributed by atoms with Crippen LogP contribution in [-0.4, -0.2) is 28.4 Å². The van der Waals surface area contributed by atoms with Gasteiger partial charge in [-0.1, -0.05) is 19.1 Å². The number of benzene rings is 3. The van der Waals surface area contributed by atoms with Crippen molar-refractivity contribution in [1.82, 2.24) is 9.88 Å². The molecule has 0 aliphatic carbocycles. The lowest BCUT2D eigenvalue weighted by molar-refractivity contribution is 0.174. The molecule has 0 spiro atoms. The third-order valence-electron chi connectivity index (χ3n) is 6.27.